The Bertz CT molecular complexity index is 1900. The van der Waals surface area contributed by atoms with Crippen molar-refractivity contribution < 1.29 is 23.8 Å². The third kappa shape index (κ3) is 5.86. The highest BCUT2D eigenvalue weighted by molar-refractivity contribution is 6.24. The molecule has 7 heteroatoms. The van der Waals surface area contributed by atoms with Crippen LogP contribution < -0.4 is 24.2 Å². The molecule has 1 heterocycles. The van der Waals surface area contributed by atoms with Crippen molar-refractivity contribution in [3.63, 3.8) is 0 Å². The summed E-state index contributed by atoms with van der Waals surface area (Å²) in [5.41, 5.74) is 4.15. The normalized spacial score (nSPS) is 13.6. The summed E-state index contributed by atoms with van der Waals surface area (Å²) >= 11 is 0. The van der Waals surface area contributed by atoms with Gasteiger partial charge in [-0.25, -0.2) is 10.0 Å². The maximum absolute atomic E-state index is 14.8. The van der Waals surface area contributed by atoms with Gasteiger partial charge in [-0.3, -0.25) is 9.59 Å². The largest absolute Gasteiger partial charge is 0.497 e. The van der Waals surface area contributed by atoms with Crippen LogP contribution in [-0.4, -0.2) is 32.9 Å². The van der Waals surface area contributed by atoms with Crippen molar-refractivity contribution in [3.05, 3.63) is 167 Å². The second kappa shape index (κ2) is 13.3. The third-order valence-corrected chi connectivity index (χ3v) is 7.70. The number of hydrogen-bond acceptors (Lipinski definition) is 7. The number of ketones is 2. The topological polar surface area (TPSA) is 68.3 Å². The first-order chi connectivity index (χ1) is 22.5. The van der Waals surface area contributed by atoms with E-state index in [1.807, 2.05) is 101 Å². The number of carbonyl (C=O) groups excluding carboxylic acids is 2. The van der Waals surface area contributed by atoms with Gasteiger partial charge in [0.1, 0.15) is 22.9 Å². The molecule has 46 heavy (non-hydrogen) atoms. The molecule has 228 valence electrons. The van der Waals surface area contributed by atoms with Gasteiger partial charge in [0.2, 0.25) is 5.78 Å². The van der Waals surface area contributed by atoms with E-state index in [0.717, 1.165) is 11.3 Å². The minimum atomic E-state index is -0.317. The number of rotatable bonds is 10. The minimum absolute atomic E-state index is 0.223. The minimum Gasteiger partial charge on any atom is -0.497 e. The van der Waals surface area contributed by atoms with Crippen LogP contribution in [0.15, 0.2) is 150 Å². The Morgan fingerprint density at radius 2 is 0.913 bits per heavy atom. The summed E-state index contributed by atoms with van der Waals surface area (Å²) in [6, 6.07) is 40.6. The smallest absolute Gasteiger partial charge is 0.212 e. The third-order valence-electron chi connectivity index (χ3n) is 7.70. The molecular weight excluding hydrogens is 576 g/mol. The molecule has 1 aliphatic heterocycles. The number of benzene rings is 5. The number of methoxy groups -OCH3 is 3. The van der Waals surface area contributed by atoms with E-state index in [2.05, 4.69) is 0 Å². The van der Waals surface area contributed by atoms with E-state index in [1.54, 1.807) is 69.9 Å². The van der Waals surface area contributed by atoms with Crippen LogP contribution in [0.4, 0.5) is 11.4 Å². The summed E-state index contributed by atoms with van der Waals surface area (Å²) in [5.74, 6) is 1.33. The average molecular weight is 609 g/mol. The summed E-state index contributed by atoms with van der Waals surface area (Å²) < 4.78 is 16.1. The number of hydrogen-bond donors (Lipinski definition) is 0. The summed E-state index contributed by atoms with van der Waals surface area (Å²) in [6.07, 6.45) is 1.92. The lowest BCUT2D eigenvalue weighted by Crippen LogP contribution is -2.38. The maximum atomic E-state index is 14.8. The number of ether oxygens (including phenoxy) is 3. The van der Waals surface area contributed by atoms with Crippen LogP contribution in [-0.2, 0) is 0 Å². The molecule has 0 aliphatic carbocycles. The van der Waals surface area contributed by atoms with Crippen LogP contribution in [0.1, 0.15) is 26.3 Å². The Morgan fingerprint density at radius 1 is 0.500 bits per heavy atom. The van der Waals surface area contributed by atoms with Gasteiger partial charge in [0, 0.05) is 11.1 Å². The van der Waals surface area contributed by atoms with Gasteiger partial charge < -0.3 is 14.2 Å². The van der Waals surface area contributed by atoms with Gasteiger partial charge in [0.05, 0.1) is 44.0 Å². The number of allylic oxidation sites excluding steroid dienone is 2. The zero-order chi connectivity index (χ0) is 32.0. The number of para-hydroxylation sites is 2. The Kier molecular flexibility index (Phi) is 8.65. The lowest BCUT2D eigenvalue weighted by Gasteiger charge is -2.34. The van der Waals surface area contributed by atoms with Crippen LogP contribution in [0.5, 0.6) is 17.2 Å². The molecule has 6 rings (SSSR count). The van der Waals surface area contributed by atoms with Crippen LogP contribution in [0, 0.1) is 0 Å². The van der Waals surface area contributed by atoms with Crippen molar-refractivity contribution in [2.75, 3.05) is 31.3 Å². The summed E-state index contributed by atoms with van der Waals surface area (Å²) in [6.45, 7) is 0. The Hall–Kier alpha value is -6.08. The monoisotopic (exact) mass is 608 g/mol. The van der Waals surface area contributed by atoms with Crippen molar-refractivity contribution in [2.24, 2.45) is 0 Å². The Morgan fingerprint density at radius 3 is 1.37 bits per heavy atom. The second-order valence-electron chi connectivity index (χ2n) is 10.4. The molecular formula is C39H32N2O5. The summed E-state index contributed by atoms with van der Waals surface area (Å²) in [7, 11) is 4.77. The highest BCUT2D eigenvalue weighted by Gasteiger charge is 2.43. The van der Waals surface area contributed by atoms with Gasteiger partial charge in [-0.1, -0.05) is 48.5 Å². The molecule has 0 radical (unpaired) electrons. The van der Waals surface area contributed by atoms with Gasteiger partial charge >= 0.3 is 0 Å². The van der Waals surface area contributed by atoms with E-state index < -0.39 is 0 Å². The number of carbonyl (C=O) groups is 2. The van der Waals surface area contributed by atoms with E-state index >= 15 is 0 Å². The van der Waals surface area contributed by atoms with Crippen LogP contribution in [0.25, 0.3) is 6.08 Å². The molecule has 5 aromatic rings. The van der Waals surface area contributed by atoms with Crippen molar-refractivity contribution in [3.8, 4) is 17.2 Å². The van der Waals surface area contributed by atoms with Crippen LogP contribution >= 0.6 is 0 Å². The molecule has 0 amide bonds. The molecule has 0 saturated heterocycles. The molecule has 0 atom stereocenters. The number of hydrazine groups is 1. The van der Waals surface area contributed by atoms with Gasteiger partial charge in [-0.2, -0.15) is 0 Å². The highest BCUT2D eigenvalue weighted by atomic mass is 16.5. The van der Waals surface area contributed by atoms with Crippen LogP contribution in [0.2, 0.25) is 0 Å². The zero-order valence-corrected chi connectivity index (χ0v) is 25.7. The van der Waals surface area contributed by atoms with Gasteiger partial charge in [-0.15, -0.1) is 0 Å². The number of nitrogens with zero attached hydrogens (tertiary/aromatic N) is 2. The average Bonchev–Trinajstić information content (AvgIpc) is 3.46. The fourth-order valence-corrected chi connectivity index (χ4v) is 5.37. The van der Waals surface area contributed by atoms with E-state index in [1.165, 1.54) is 0 Å². The zero-order valence-electron chi connectivity index (χ0n) is 25.7. The number of Topliss-reactive ketones (excluding diaryl/α,β-unsaturated/α-hetero) is 2. The predicted octanol–water partition coefficient (Wildman–Crippen LogP) is 8.02. The van der Waals surface area contributed by atoms with Gasteiger partial charge in [-0.05, 0) is 96.6 Å². The highest BCUT2D eigenvalue weighted by Crippen LogP contribution is 2.43. The molecule has 7 nitrogen and oxygen atoms in total. The lowest BCUT2D eigenvalue weighted by atomic mass is 9.94. The summed E-state index contributed by atoms with van der Waals surface area (Å²) in [4.78, 5) is 29.5. The fourth-order valence-electron chi connectivity index (χ4n) is 5.37. The lowest BCUT2D eigenvalue weighted by molar-refractivity contribution is 0.100. The molecule has 0 saturated carbocycles. The Labute approximate surface area is 268 Å². The molecule has 0 bridgehead atoms. The molecule has 0 fully saturated rings. The van der Waals surface area contributed by atoms with E-state index in [9.17, 15) is 9.59 Å². The first kappa shape index (κ1) is 30.0. The molecule has 0 N–H and O–H groups in total. The standard InChI is InChI=1S/C39H32N2O5/c1-44-32-20-14-27(15-21-32)26-35-36(38(42)28-16-22-33(45-2)23-17-28)37(39(43)29-18-24-34(46-3)25-19-29)41(31-12-8-5-9-13-31)40(35)30-10-6-4-7-11-30/h4-26H,1-3H3/b35-26-. The Balaban J connectivity index is 1.67. The van der Waals surface area contributed by atoms with Crippen molar-refractivity contribution >= 4 is 29.0 Å². The first-order valence-corrected chi connectivity index (χ1v) is 14.7. The molecule has 1 aliphatic rings. The quantitative estimate of drug-likeness (QED) is 0.149. The van der Waals surface area contributed by atoms with Gasteiger partial charge in [0.25, 0.3) is 0 Å². The molecule has 0 spiro atoms. The van der Waals surface area contributed by atoms with Crippen molar-refractivity contribution in [2.45, 2.75) is 0 Å². The first-order valence-electron chi connectivity index (χ1n) is 14.7. The second-order valence-corrected chi connectivity index (χ2v) is 10.4. The SMILES string of the molecule is COc1ccc(/C=C2/C(C(=O)c3ccc(OC)cc3)=C(C(=O)c3ccc(OC)cc3)N(c3ccccc3)N2c2ccccc2)cc1. The molecule has 5 aromatic carbocycles. The van der Waals surface area contributed by atoms with E-state index in [4.69, 9.17) is 14.2 Å². The predicted molar refractivity (Wildman–Crippen MR) is 180 cm³/mol. The maximum Gasteiger partial charge on any atom is 0.212 e. The van der Waals surface area contributed by atoms with Crippen molar-refractivity contribution in [1.82, 2.24) is 0 Å². The van der Waals surface area contributed by atoms with Crippen LogP contribution in [0.3, 0.4) is 0 Å². The summed E-state index contributed by atoms with van der Waals surface area (Å²) in [5, 5.41) is 3.75. The molecule has 0 aromatic heterocycles. The number of anilines is 2. The van der Waals surface area contributed by atoms with E-state index in [0.29, 0.717) is 39.8 Å². The van der Waals surface area contributed by atoms with Gasteiger partial charge in [0.15, 0.2) is 5.78 Å². The van der Waals surface area contributed by atoms with Crippen molar-refractivity contribution in [1.29, 1.82) is 0 Å². The fraction of sp³-hybridized carbons (Fsp3) is 0.0769. The van der Waals surface area contributed by atoms with E-state index in [-0.39, 0.29) is 22.8 Å². The molecule has 0 unspecified atom stereocenters.